The van der Waals surface area contributed by atoms with Crippen LogP contribution in [0.2, 0.25) is 0 Å². The molecule has 0 spiro atoms. The fraction of sp³-hybridized carbons (Fsp3) is 0.261. The second kappa shape index (κ2) is 10.0. The van der Waals surface area contributed by atoms with E-state index in [1.807, 2.05) is 47.8 Å². The smallest absolute Gasteiger partial charge is 0.226 e. The molecule has 0 aliphatic carbocycles. The molecular formula is C23H24N2O4S. The van der Waals surface area contributed by atoms with E-state index in [2.05, 4.69) is 17.2 Å². The van der Waals surface area contributed by atoms with Crippen LogP contribution in [0.3, 0.4) is 0 Å². The van der Waals surface area contributed by atoms with Crippen LogP contribution in [-0.4, -0.2) is 30.9 Å². The number of Topliss-reactive ketones (excluding diaryl/α,β-unsaturated/α-hetero) is 1. The Morgan fingerprint density at radius 3 is 2.47 bits per heavy atom. The average molecular weight is 425 g/mol. The number of hydrogen-bond donors (Lipinski definition) is 1. The number of carbonyl (C=O) groups is 2. The minimum Gasteiger partial charge on any atom is -0.497 e. The van der Waals surface area contributed by atoms with E-state index in [1.54, 1.807) is 14.2 Å². The second-order valence-electron chi connectivity index (χ2n) is 6.63. The molecule has 1 heterocycles. The number of hydrogen-bond acceptors (Lipinski definition) is 6. The van der Waals surface area contributed by atoms with Crippen LogP contribution in [-0.2, 0) is 11.2 Å². The lowest BCUT2D eigenvalue weighted by Gasteiger charge is -2.08. The third-order valence-electron chi connectivity index (χ3n) is 4.70. The van der Waals surface area contributed by atoms with Crippen LogP contribution in [0.25, 0.3) is 11.3 Å². The molecule has 0 aliphatic heterocycles. The van der Waals surface area contributed by atoms with Crippen molar-refractivity contribution < 1.29 is 19.1 Å². The van der Waals surface area contributed by atoms with Crippen molar-refractivity contribution in [3.8, 4) is 22.8 Å². The van der Waals surface area contributed by atoms with Crippen LogP contribution in [0.15, 0.2) is 47.8 Å². The van der Waals surface area contributed by atoms with Crippen molar-refractivity contribution in [1.82, 2.24) is 4.98 Å². The molecule has 6 nitrogen and oxygen atoms in total. The van der Waals surface area contributed by atoms with Crippen LogP contribution >= 0.6 is 11.3 Å². The SMILES string of the molecule is CCc1ccc(C(=O)CCC(=O)Nc2nc(-c3cc(OC)ccc3OC)cs2)cc1. The van der Waals surface area contributed by atoms with Crippen LogP contribution in [0, 0.1) is 0 Å². The highest BCUT2D eigenvalue weighted by Gasteiger charge is 2.14. The summed E-state index contributed by atoms with van der Waals surface area (Å²) in [5.74, 6) is 1.06. The molecule has 0 fully saturated rings. The zero-order valence-corrected chi connectivity index (χ0v) is 18.0. The Bertz CT molecular complexity index is 1030. The molecule has 156 valence electrons. The van der Waals surface area contributed by atoms with E-state index in [0.29, 0.717) is 27.9 Å². The molecule has 0 unspecified atom stereocenters. The van der Waals surface area contributed by atoms with E-state index in [4.69, 9.17) is 9.47 Å². The second-order valence-corrected chi connectivity index (χ2v) is 7.48. The maximum absolute atomic E-state index is 12.3. The molecule has 3 rings (SSSR count). The van der Waals surface area contributed by atoms with Gasteiger partial charge in [0.1, 0.15) is 11.5 Å². The monoisotopic (exact) mass is 424 g/mol. The van der Waals surface area contributed by atoms with Crippen molar-refractivity contribution in [2.75, 3.05) is 19.5 Å². The number of aromatic nitrogens is 1. The maximum Gasteiger partial charge on any atom is 0.226 e. The van der Waals surface area contributed by atoms with E-state index >= 15 is 0 Å². The molecule has 30 heavy (non-hydrogen) atoms. The lowest BCUT2D eigenvalue weighted by molar-refractivity contribution is -0.116. The molecule has 0 radical (unpaired) electrons. The highest BCUT2D eigenvalue weighted by Crippen LogP contribution is 2.35. The number of thiazole rings is 1. The average Bonchev–Trinajstić information content (AvgIpc) is 3.25. The molecule has 0 bridgehead atoms. The van der Waals surface area contributed by atoms with E-state index in [9.17, 15) is 9.59 Å². The van der Waals surface area contributed by atoms with E-state index in [1.165, 1.54) is 16.9 Å². The summed E-state index contributed by atoms with van der Waals surface area (Å²) in [6.45, 7) is 2.07. The summed E-state index contributed by atoms with van der Waals surface area (Å²) < 4.78 is 10.7. The molecule has 1 N–H and O–H groups in total. The molecule has 0 saturated carbocycles. The normalized spacial score (nSPS) is 10.5. The molecule has 0 saturated heterocycles. The number of ether oxygens (including phenoxy) is 2. The number of rotatable bonds is 9. The Hall–Kier alpha value is -3.19. The summed E-state index contributed by atoms with van der Waals surface area (Å²) in [6, 6.07) is 13.0. The van der Waals surface area contributed by atoms with Crippen LogP contribution in [0.4, 0.5) is 5.13 Å². The number of methoxy groups -OCH3 is 2. The third kappa shape index (κ3) is 5.24. The number of benzene rings is 2. The minimum absolute atomic E-state index is 0.0475. The lowest BCUT2D eigenvalue weighted by Crippen LogP contribution is -2.13. The summed E-state index contributed by atoms with van der Waals surface area (Å²) in [5.41, 5.74) is 3.26. The van der Waals surface area contributed by atoms with Gasteiger partial charge in [0.2, 0.25) is 5.91 Å². The number of nitrogens with zero attached hydrogens (tertiary/aromatic N) is 1. The first-order chi connectivity index (χ1) is 14.5. The number of carbonyl (C=O) groups excluding carboxylic acids is 2. The molecule has 1 aromatic heterocycles. The fourth-order valence-electron chi connectivity index (χ4n) is 2.95. The third-order valence-corrected chi connectivity index (χ3v) is 5.45. The summed E-state index contributed by atoms with van der Waals surface area (Å²) in [5, 5.41) is 5.08. The van der Waals surface area contributed by atoms with Crippen molar-refractivity contribution in [3.63, 3.8) is 0 Å². The van der Waals surface area contributed by atoms with Crippen LogP contribution < -0.4 is 14.8 Å². The van der Waals surface area contributed by atoms with Gasteiger partial charge in [-0.3, -0.25) is 9.59 Å². The standard InChI is InChI=1S/C23H24N2O4S/c1-4-15-5-7-16(8-6-15)20(26)10-12-22(27)25-23-24-19(14-30-23)18-13-17(28-2)9-11-21(18)29-3/h5-9,11,13-14H,4,10,12H2,1-3H3,(H,24,25,27). The van der Waals surface area contributed by atoms with Crippen molar-refractivity contribution in [1.29, 1.82) is 0 Å². The Kier molecular flexibility index (Phi) is 7.19. The van der Waals surface area contributed by atoms with Gasteiger partial charge < -0.3 is 14.8 Å². The maximum atomic E-state index is 12.3. The quantitative estimate of drug-likeness (QED) is 0.490. The molecule has 2 aromatic carbocycles. The predicted octanol–water partition coefficient (Wildman–Crippen LogP) is 4.99. The number of ketones is 1. The van der Waals surface area contributed by atoms with Crippen LogP contribution in [0.1, 0.15) is 35.7 Å². The molecule has 3 aromatic rings. The number of amides is 1. The lowest BCUT2D eigenvalue weighted by atomic mass is 10.0. The first kappa shape index (κ1) is 21.5. The van der Waals surface area contributed by atoms with Gasteiger partial charge in [-0.25, -0.2) is 4.98 Å². The fourth-order valence-corrected chi connectivity index (χ4v) is 3.68. The zero-order chi connectivity index (χ0) is 21.5. The van der Waals surface area contributed by atoms with Crippen molar-refractivity contribution in [3.05, 3.63) is 59.0 Å². The predicted molar refractivity (Wildman–Crippen MR) is 119 cm³/mol. The van der Waals surface area contributed by atoms with Gasteiger partial charge >= 0.3 is 0 Å². The molecule has 0 aliphatic rings. The van der Waals surface area contributed by atoms with E-state index in [0.717, 1.165) is 12.0 Å². The van der Waals surface area contributed by atoms with Crippen molar-refractivity contribution >= 4 is 28.2 Å². The van der Waals surface area contributed by atoms with Gasteiger partial charge in [0, 0.05) is 29.3 Å². The first-order valence-electron chi connectivity index (χ1n) is 9.64. The Labute approximate surface area is 179 Å². The van der Waals surface area contributed by atoms with Crippen molar-refractivity contribution in [2.45, 2.75) is 26.2 Å². The molecule has 1 amide bonds. The molecular weight excluding hydrogens is 400 g/mol. The summed E-state index contributed by atoms with van der Waals surface area (Å²) >= 11 is 1.32. The van der Waals surface area contributed by atoms with Gasteiger partial charge in [0.15, 0.2) is 10.9 Å². The number of anilines is 1. The van der Waals surface area contributed by atoms with Gasteiger partial charge in [0.05, 0.1) is 19.9 Å². The van der Waals surface area contributed by atoms with Crippen molar-refractivity contribution in [2.24, 2.45) is 0 Å². The van der Waals surface area contributed by atoms with Crippen LogP contribution in [0.5, 0.6) is 11.5 Å². The summed E-state index contributed by atoms with van der Waals surface area (Å²) in [6.07, 6.45) is 1.18. The Morgan fingerprint density at radius 2 is 1.80 bits per heavy atom. The summed E-state index contributed by atoms with van der Waals surface area (Å²) in [4.78, 5) is 29.1. The zero-order valence-electron chi connectivity index (χ0n) is 17.2. The largest absolute Gasteiger partial charge is 0.497 e. The highest BCUT2D eigenvalue weighted by atomic mass is 32.1. The number of aryl methyl sites for hydroxylation is 1. The van der Waals surface area contributed by atoms with Gasteiger partial charge in [-0.05, 0) is 30.2 Å². The Balaban J connectivity index is 1.60. The van der Waals surface area contributed by atoms with Gasteiger partial charge in [0.25, 0.3) is 0 Å². The first-order valence-corrected chi connectivity index (χ1v) is 10.5. The molecule has 7 heteroatoms. The van der Waals surface area contributed by atoms with E-state index in [-0.39, 0.29) is 24.5 Å². The van der Waals surface area contributed by atoms with E-state index < -0.39 is 0 Å². The summed E-state index contributed by atoms with van der Waals surface area (Å²) in [7, 11) is 3.19. The number of nitrogens with one attached hydrogen (secondary N) is 1. The van der Waals surface area contributed by atoms with Gasteiger partial charge in [-0.2, -0.15) is 0 Å². The van der Waals surface area contributed by atoms with Gasteiger partial charge in [-0.15, -0.1) is 11.3 Å². The van der Waals surface area contributed by atoms with Gasteiger partial charge in [-0.1, -0.05) is 31.2 Å². The highest BCUT2D eigenvalue weighted by molar-refractivity contribution is 7.14. The molecule has 0 atom stereocenters. The Morgan fingerprint density at radius 1 is 1.03 bits per heavy atom. The topological polar surface area (TPSA) is 77.5 Å². The minimum atomic E-state index is -0.243.